The Morgan fingerprint density at radius 2 is 1.58 bits per heavy atom. The molecule has 1 fully saturated rings. The molecule has 2 amide bonds. The zero-order valence-corrected chi connectivity index (χ0v) is 13.2. The smallest absolute Gasteiger partial charge is 0.329 e. The van der Waals surface area contributed by atoms with Gasteiger partial charge in [-0.25, -0.2) is 4.79 Å². The zero-order valence-electron chi connectivity index (χ0n) is 12.4. The number of imide groups is 1. The number of hydrogen-bond acceptors (Lipinski definition) is 4. The summed E-state index contributed by atoms with van der Waals surface area (Å²) in [6, 6.07) is 13.7. The van der Waals surface area contributed by atoms with Gasteiger partial charge >= 0.3 is 5.97 Å². The van der Waals surface area contributed by atoms with Crippen molar-refractivity contribution in [3.63, 3.8) is 0 Å². The van der Waals surface area contributed by atoms with Crippen LogP contribution in [-0.2, 0) is 9.63 Å². The van der Waals surface area contributed by atoms with E-state index in [4.69, 9.17) is 16.4 Å². The van der Waals surface area contributed by atoms with Gasteiger partial charge in [0.15, 0.2) is 0 Å². The lowest BCUT2D eigenvalue weighted by Gasteiger charge is -2.12. The number of carbonyl (C=O) groups is 3. The molecule has 120 valence electrons. The molecule has 2 aromatic rings. The number of amides is 2. The highest BCUT2D eigenvalue weighted by atomic mass is 35.5. The van der Waals surface area contributed by atoms with E-state index in [-0.39, 0.29) is 17.0 Å². The van der Waals surface area contributed by atoms with Crippen molar-refractivity contribution in [2.75, 3.05) is 0 Å². The van der Waals surface area contributed by atoms with Crippen LogP contribution in [0.15, 0.2) is 48.5 Å². The average molecular weight is 342 g/mol. The van der Waals surface area contributed by atoms with Gasteiger partial charge in [0.05, 0.1) is 17.0 Å². The highest BCUT2D eigenvalue weighted by Crippen LogP contribution is 2.50. The van der Waals surface area contributed by atoms with Crippen molar-refractivity contribution in [2.24, 2.45) is 5.92 Å². The van der Waals surface area contributed by atoms with Gasteiger partial charge in [-0.15, -0.1) is 0 Å². The Morgan fingerprint density at radius 1 is 1.00 bits per heavy atom. The Balaban J connectivity index is 1.48. The molecule has 0 spiro atoms. The van der Waals surface area contributed by atoms with Gasteiger partial charge < -0.3 is 4.84 Å². The van der Waals surface area contributed by atoms with Crippen LogP contribution in [0.25, 0.3) is 0 Å². The molecule has 0 aromatic heterocycles. The van der Waals surface area contributed by atoms with Crippen LogP contribution >= 0.6 is 11.6 Å². The van der Waals surface area contributed by atoms with Crippen LogP contribution in [0.4, 0.5) is 0 Å². The summed E-state index contributed by atoms with van der Waals surface area (Å²) in [4.78, 5) is 41.8. The third-order valence-electron chi connectivity index (χ3n) is 4.34. The number of rotatable bonds is 3. The standard InChI is InChI=1S/C18H12ClNO4/c19-15-8-4-3-5-10(15)13-9-14(13)18(23)24-20-16(21)11-6-1-2-7-12(11)17(20)22/h1-8,13-14H,9H2/t13-,14+/m0/s1. The summed E-state index contributed by atoms with van der Waals surface area (Å²) in [6.45, 7) is 0. The van der Waals surface area contributed by atoms with Gasteiger partial charge in [0.25, 0.3) is 11.8 Å². The lowest BCUT2D eigenvalue weighted by Crippen LogP contribution is -2.33. The minimum atomic E-state index is -0.612. The van der Waals surface area contributed by atoms with Crippen LogP contribution in [0.1, 0.15) is 38.6 Å². The summed E-state index contributed by atoms with van der Waals surface area (Å²) < 4.78 is 0. The second-order valence-electron chi connectivity index (χ2n) is 5.83. The van der Waals surface area contributed by atoms with Crippen LogP contribution in [0.2, 0.25) is 5.02 Å². The first-order valence-corrected chi connectivity index (χ1v) is 7.90. The van der Waals surface area contributed by atoms with E-state index < -0.39 is 23.7 Å². The quantitative estimate of drug-likeness (QED) is 0.804. The van der Waals surface area contributed by atoms with E-state index in [1.807, 2.05) is 18.2 Å². The van der Waals surface area contributed by atoms with Crippen LogP contribution in [-0.4, -0.2) is 22.8 Å². The Hall–Kier alpha value is -2.66. The predicted molar refractivity (Wildman–Crippen MR) is 85.3 cm³/mol. The van der Waals surface area contributed by atoms with Gasteiger partial charge in [-0.1, -0.05) is 47.0 Å². The molecule has 1 saturated carbocycles. The molecule has 24 heavy (non-hydrogen) atoms. The van der Waals surface area contributed by atoms with E-state index >= 15 is 0 Å². The van der Waals surface area contributed by atoms with Gasteiger partial charge in [-0.2, -0.15) is 0 Å². The van der Waals surface area contributed by atoms with Crippen molar-refractivity contribution < 1.29 is 19.2 Å². The van der Waals surface area contributed by atoms with E-state index in [0.29, 0.717) is 16.5 Å². The summed E-state index contributed by atoms with van der Waals surface area (Å²) in [7, 11) is 0. The normalized spacial score (nSPS) is 21.6. The zero-order chi connectivity index (χ0) is 16.8. The summed E-state index contributed by atoms with van der Waals surface area (Å²) in [6.07, 6.45) is 0.589. The molecule has 0 unspecified atom stereocenters. The molecule has 0 saturated heterocycles. The van der Waals surface area contributed by atoms with E-state index in [0.717, 1.165) is 5.56 Å². The number of carbonyl (C=O) groups excluding carboxylic acids is 3. The highest BCUT2D eigenvalue weighted by Gasteiger charge is 2.49. The molecular weight excluding hydrogens is 330 g/mol. The molecule has 1 aliphatic carbocycles. The van der Waals surface area contributed by atoms with Gasteiger partial charge in [0, 0.05) is 5.02 Å². The Bertz CT molecular complexity index is 844. The summed E-state index contributed by atoms with van der Waals surface area (Å²) >= 11 is 6.14. The molecule has 2 aromatic carbocycles. The van der Waals surface area contributed by atoms with Crippen molar-refractivity contribution in [3.8, 4) is 0 Å². The predicted octanol–water partition coefficient (Wildman–Crippen LogP) is 3.20. The lowest BCUT2D eigenvalue weighted by atomic mass is 10.1. The second-order valence-corrected chi connectivity index (χ2v) is 6.24. The number of benzene rings is 2. The summed E-state index contributed by atoms with van der Waals surface area (Å²) in [5, 5.41) is 1.15. The maximum Gasteiger partial charge on any atom is 0.336 e. The van der Waals surface area contributed by atoms with Crippen LogP contribution < -0.4 is 0 Å². The molecule has 5 nitrogen and oxygen atoms in total. The number of hydroxylamine groups is 2. The van der Waals surface area contributed by atoms with Crippen LogP contribution in [0, 0.1) is 5.92 Å². The van der Waals surface area contributed by atoms with E-state index in [2.05, 4.69) is 0 Å². The van der Waals surface area contributed by atoms with E-state index in [9.17, 15) is 14.4 Å². The molecule has 4 rings (SSSR count). The Labute approximate surface area is 142 Å². The lowest BCUT2D eigenvalue weighted by molar-refractivity contribution is -0.170. The largest absolute Gasteiger partial charge is 0.336 e. The first kappa shape index (κ1) is 14.9. The summed E-state index contributed by atoms with van der Waals surface area (Å²) in [5.74, 6) is -2.25. The van der Waals surface area contributed by atoms with Crippen LogP contribution in [0.5, 0.6) is 0 Å². The van der Waals surface area contributed by atoms with Crippen molar-refractivity contribution >= 4 is 29.4 Å². The first-order valence-electron chi connectivity index (χ1n) is 7.52. The third kappa shape index (κ3) is 2.29. The topological polar surface area (TPSA) is 63.7 Å². The molecule has 1 heterocycles. The monoisotopic (exact) mass is 341 g/mol. The van der Waals surface area contributed by atoms with Crippen LogP contribution in [0.3, 0.4) is 0 Å². The first-order chi connectivity index (χ1) is 11.6. The Morgan fingerprint density at radius 3 is 2.21 bits per heavy atom. The van der Waals surface area contributed by atoms with Crippen molar-refractivity contribution in [1.82, 2.24) is 5.06 Å². The minimum absolute atomic E-state index is 0.0404. The van der Waals surface area contributed by atoms with E-state index in [1.54, 1.807) is 18.2 Å². The molecule has 1 aliphatic heterocycles. The SMILES string of the molecule is O=C(ON1C(=O)c2ccccc2C1=O)[C@@H]1C[C@H]1c1ccccc1Cl. The average Bonchev–Trinajstić information content (AvgIpc) is 3.35. The number of fused-ring (bicyclic) bond motifs is 1. The maximum atomic E-state index is 12.3. The van der Waals surface area contributed by atoms with Gasteiger partial charge in [-0.3, -0.25) is 9.59 Å². The highest BCUT2D eigenvalue weighted by molar-refractivity contribution is 6.31. The van der Waals surface area contributed by atoms with Crippen molar-refractivity contribution in [3.05, 3.63) is 70.2 Å². The van der Waals surface area contributed by atoms with Crippen molar-refractivity contribution in [2.45, 2.75) is 12.3 Å². The molecule has 2 aliphatic rings. The van der Waals surface area contributed by atoms with Gasteiger partial charge in [-0.05, 0) is 36.1 Å². The summed E-state index contributed by atoms with van der Waals surface area (Å²) in [5.41, 5.74) is 1.37. The van der Waals surface area contributed by atoms with Gasteiger partial charge in [0.1, 0.15) is 0 Å². The molecule has 2 atom stereocenters. The minimum Gasteiger partial charge on any atom is -0.329 e. The third-order valence-corrected chi connectivity index (χ3v) is 4.68. The fourth-order valence-corrected chi connectivity index (χ4v) is 3.26. The molecule has 6 heteroatoms. The number of hydrogen-bond donors (Lipinski definition) is 0. The molecule has 0 radical (unpaired) electrons. The molecular formula is C18H12ClNO4. The molecule has 0 bridgehead atoms. The van der Waals surface area contributed by atoms with E-state index in [1.165, 1.54) is 12.1 Å². The Kier molecular flexibility index (Phi) is 3.39. The second kappa shape index (κ2) is 5.46. The van der Waals surface area contributed by atoms with Crippen molar-refractivity contribution in [1.29, 1.82) is 0 Å². The number of halogens is 1. The molecule has 0 N–H and O–H groups in total. The fourth-order valence-electron chi connectivity index (χ4n) is 2.98. The fraction of sp³-hybridized carbons (Fsp3) is 0.167. The number of nitrogens with zero attached hydrogens (tertiary/aromatic N) is 1. The van der Waals surface area contributed by atoms with Gasteiger partial charge in [0.2, 0.25) is 0 Å². The maximum absolute atomic E-state index is 12.3.